The highest BCUT2D eigenvalue weighted by molar-refractivity contribution is 5.98. The van der Waals surface area contributed by atoms with E-state index >= 15 is 0 Å². The summed E-state index contributed by atoms with van der Waals surface area (Å²) in [6.45, 7) is 6.45. The molecule has 0 spiro atoms. The van der Waals surface area contributed by atoms with Crippen molar-refractivity contribution in [1.82, 2.24) is 14.7 Å². The maximum Gasteiger partial charge on any atom is 0.407 e. The number of nitrogens with one attached hydrogen (secondary N) is 1. The van der Waals surface area contributed by atoms with Gasteiger partial charge in [-0.3, -0.25) is 9.20 Å². The van der Waals surface area contributed by atoms with Gasteiger partial charge in [0, 0.05) is 19.2 Å². The first-order chi connectivity index (χ1) is 18.4. The van der Waals surface area contributed by atoms with Gasteiger partial charge in [0.25, 0.3) is 0 Å². The number of carbonyl (C=O) groups excluding carboxylic acids is 2. The summed E-state index contributed by atoms with van der Waals surface area (Å²) in [6.07, 6.45) is 0.880. The minimum atomic E-state index is -0.728. The van der Waals surface area contributed by atoms with Crippen molar-refractivity contribution in [1.29, 1.82) is 0 Å². The van der Waals surface area contributed by atoms with Crippen molar-refractivity contribution in [3.8, 4) is 5.75 Å². The molecule has 0 aliphatic heterocycles. The number of ether oxygens (including phenoxy) is 2. The fourth-order valence-corrected chi connectivity index (χ4v) is 4.09. The van der Waals surface area contributed by atoms with Crippen LogP contribution in [0.5, 0.6) is 5.75 Å². The van der Waals surface area contributed by atoms with Crippen LogP contribution >= 0.6 is 0 Å². The van der Waals surface area contributed by atoms with E-state index in [2.05, 4.69) is 10.3 Å². The molecule has 1 amide bonds. The average Bonchev–Trinajstić information content (AvgIpc) is 3.19. The number of Topliss-reactive ketones (excluding diaryl/α,β-unsaturated/α-hetero) is 1. The van der Waals surface area contributed by atoms with E-state index in [0.29, 0.717) is 22.5 Å². The van der Waals surface area contributed by atoms with Crippen LogP contribution in [0.1, 0.15) is 53.6 Å². The molecule has 0 radical (unpaired) electrons. The standard InChI is InChI=1S/C29H28F3N3O4/c1-17-26(24(36)14-18-10-11-20(30)13-19(18)15-33-28(37)39-29(2,3)4)35-12-6-9-25(27(35)34-17)38-16-21-22(31)7-5-8-23(21)32/h5-13H,14-16H2,1-4H3,(H,33,37). The van der Waals surface area contributed by atoms with E-state index < -0.39 is 29.1 Å². The second-order valence-electron chi connectivity index (χ2n) is 9.97. The third-order valence-corrected chi connectivity index (χ3v) is 5.83. The minimum absolute atomic E-state index is 0.0357. The van der Waals surface area contributed by atoms with Crippen LogP contribution < -0.4 is 10.1 Å². The lowest BCUT2D eigenvalue weighted by molar-refractivity contribution is 0.0523. The normalized spacial score (nSPS) is 11.5. The largest absolute Gasteiger partial charge is 0.485 e. The first-order valence-corrected chi connectivity index (χ1v) is 12.2. The van der Waals surface area contributed by atoms with Gasteiger partial charge in [-0.05, 0) is 75.2 Å². The van der Waals surface area contributed by atoms with Gasteiger partial charge in [-0.1, -0.05) is 12.1 Å². The van der Waals surface area contributed by atoms with E-state index in [0.717, 1.165) is 12.1 Å². The number of amides is 1. The maximum absolute atomic E-state index is 14.0. The molecule has 204 valence electrons. The highest BCUT2D eigenvalue weighted by Crippen LogP contribution is 2.25. The summed E-state index contributed by atoms with van der Waals surface area (Å²) in [7, 11) is 0. The number of aromatic nitrogens is 2. The summed E-state index contributed by atoms with van der Waals surface area (Å²) >= 11 is 0. The first kappa shape index (κ1) is 27.7. The summed E-state index contributed by atoms with van der Waals surface area (Å²) in [5.74, 6) is -2.03. The summed E-state index contributed by atoms with van der Waals surface area (Å²) in [5.41, 5.74) is 1.04. The topological polar surface area (TPSA) is 81.9 Å². The Bertz CT molecular complexity index is 1520. The molecule has 10 heteroatoms. The van der Waals surface area contributed by atoms with Crippen LogP contribution in [-0.4, -0.2) is 26.9 Å². The van der Waals surface area contributed by atoms with E-state index in [1.54, 1.807) is 50.4 Å². The SMILES string of the molecule is Cc1nc2c(OCc3c(F)cccc3F)cccn2c1C(=O)Cc1ccc(F)cc1CNC(=O)OC(C)(C)C. The van der Waals surface area contributed by atoms with Crippen LogP contribution in [0.15, 0.2) is 54.7 Å². The number of pyridine rings is 1. The lowest BCUT2D eigenvalue weighted by Crippen LogP contribution is -2.32. The van der Waals surface area contributed by atoms with Crippen LogP contribution in [0.25, 0.3) is 5.65 Å². The number of alkyl carbamates (subject to hydrolysis) is 1. The predicted octanol–water partition coefficient (Wildman–Crippen LogP) is 6.09. The Hall–Kier alpha value is -4.34. The third kappa shape index (κ3) is 6.57. The second kappa shape index (κ2) is 11.2. The van der Waals surface area contributed by atoms with Crippen molar-refractivity contribution in [3.63, 3.8) is 0 Å². The van der Waals surface area contributed by atoms with E-state index in [9.17, 15) is 22.8 Å². The molecule has 7 nitrogen and oxygen atoms in total. The van der Waals surface area contributed by atoms with Gasteiger partial charge in [0.1, 0.15) is 35.4 Å². The van der Waals surface area contributed by atoms with Gasteiger partial charge >= 0.3 is 6.09 Å². The van der Waals surface area contributed by atoms with Crippen molar-refractivity contribution in [2.75, 3.05) is 0 Å². The predicted molar refractivity (Wildman–Crippen MR) is 138 cm³/mol. The minimum Gasteiger partial charge on any atom is -0.485 e. The van der Waals surface area contributed by atoms with E-state index in [4.69, 9.17) is 9.47 Å². The first-order valence-electron chi connectivity index (χ1n) is 12.2. The van der Waals surface area contributed by atoms with E-state index in [-0.39, 0.29) is 42.4 Å². The Morgan fingerprint density at radius 2 is 1.72 bits per heavy atom. The lowest BCUT2D eigenvalue weighted by atomic mass is 10.00. The highest BCUT2D eigenvalue weighted by Gasteiger charge is 2.22. The van der Waals surface area contributed by atoms with Gasteiger partial charge in [0.2, 0.25) is 0 Å². The number of rotatable bonds is 8. The number of halogens is 3. The molecular formula is C29H28F3N3O4. The summed E-state index contributed by atoms with van der Waals surface area (Å²) < 4.78 is 54.6. The summed E-state index contributed by atoms with van der Waals surface area (Å²) in [5, 5.41) is 2.59. The Kier molecular flexibility index (Phi) is 7.94. The van der Waals surface area contributed by atoms with Gasteiger partial charge in [0.05, 0.1) is 11.3 Å². The molecule has 0 saturated heterocycles. The van der Waals surface area contributed by atoms with Gasteiger partial charge in [0.15, 0.2) is 17.2 Å². The molecule has 0 aliphatic carbocycles. The number of hydrogen-bond donors (Lipinski definition) is 1. The Labute approximate surface area is 223 Å². The van der Waals surface area contributed by atoms with Crippen LogP contribution in [0, 0.1) is 24.4 Å². The number of nitrogens with zero attached hydrogens (tertiary/aromatic N) is 2. The number of imidazole rings is 1. The number of ketones is 1. The highest BCUT2D eigenvalue weighted by atomic mass is 19.1. The Morgan fingerprint density at radius 3 is 2.41 bits per heavy atom. The number of carbonyl (C=O) groups is 2. The van der Waals surface area contributed by atoms with Crippen molar-refractivity contribution in [2.24, 2.45) is 0 Å². The number of hydrogen-bond acceptors (Lipinski definition) is 5. The van der Waals surface area contributed by atoms with Crippen molar-refractivity contribution < 1.29 is 32.2 Å². The summed E-state index contributed by atoms with van der Waals surface area (Å²) in [4.78, 5) is 30.0. The van der Waals surface area contributed by atoms with E-state index in [1.165, 1.54) is 24.3 Å². The zero-order chi connectivity index (χ0) is 28.3. The number of benzene rings is 2. The fraction of sp³-hybridized carbons (Fsp3) is 0.276. The van der Waals surface area contributed by atoms with E-state index in [1.807, 2.05) is 0 Å². The molecule has 4 rings (SSSR count). The molecule has 0 fully saturated rings. The van der Waals surface area contributed by atoms with Gasteiger partial charge in [-0.2, -0.15) is 0 Å². The Balaban J connectivity index is 1.56. The summed E-state index contributed by atoms with van der Waals surface area (Å²) in [6, 6.07) is 10.8. The van der Waals surface area contributed by atoms with Gasteiger partial charge < -0.3 is 14.8 Å². The van der Waals surface area contributed by atoms with Crippen LogP contribution in [0.3, 0.4) is 0 Å². The van der Waals surface area contributed by atoms with Crippen molar-refractivity contribution >= 4 is 17.5 Å². The quantitative estimate of drug-likeness (QED) is 0.274. The number of aryl methyl sites for hydroxylation is 1. The van der Waals surface area contributed by atoms with Gasteiger partial charge in [-0.25, -0.2) is 22.9 Å². The Morgan fingerprint density at radius 1 is 1.00 bits per heavy atom. The average molecular weight is 540 g/mol. The monoisotopic (exact) mass is 539 g/mol. The third-order valence-electron chi connectivity index (χ3n) is 5.83. The fourth-order valence-electron chi connectivity index (χ4n) is 4.09. The zero-order valence-electron chi connectivity index (χ0n) is 22.0. The molecule has 1 N–H and O–H groups in total. The number of fused-ring (bicyclic) bond motifs is 1. The van der Waals surface area contributed by atoms with Crippen LogP contribution in [-0.2, 0) is 24.3 Å². The molecule has 0 saturated carbocycles. The second-order valence-corrected chi connectivity index (χ2v) is 9.97. The van der Waals surface area contributed by atoms with Gasteiger partial charge in [-0.15, -0.1) is 0 Å². The maximum atomic E-state index is 14.0. The molecule has 39 heavy (non-hydrogen) atoms. The molecule has 0 unspecified atom stereocenters. The van der Waals surface area contributed by atoms with Crippen molar-refractivity contribution in [2.45, 2.75) is 52.9 Å². The molecule has 2 heterocycles. The molecular weight excluding hydrogens is 511 g/mol. The lowest BCUT2D eigenvalue weighted by Gasteiger charge is -2.20. The molecule has 2 aromatic carbocycles. The molecule has 0 aliphatic rings. The van der Waals surface area contributed by atoms with Crippen LogP contribution in [0.4, 0.5) is 18.0 Å². The molecule has 0 bridgehead atoms. The molecule has 4 aromatic rings. The van der Waals surface area contributed by atoms with Crippen molar-refractivity contribution in [3.05, 3.63) is 100 Å². The zero-order valence-corrected chi connectivity index (χ0v) is 22.0. The van der Waals surface area contributed by atoms with Crippen LogP contribution in [0.2, 0.25) is 0 Å². The molecule has 0 atom stereocenters. The smallest absolute Gasteiger partial charge is 0.407 e. The molecule has 2 aromatic heterocycles.